The van der Waals surface area contributed by atoms with Gasteiger partial charge in [0.2, 0.25) is 0 Å². The summed E-state index contributed by atoms with van der Waals surface area (Å²) in [6.07, 6.45) is 0.295. The van der Waals surface area contributed by atoms with E-state index >= 15 is 0 Å². The number of nitrogens with zero attached hydrogens (tertiary/aromatic N) is 1. The molecule has 0 aliphatic rings. The highest BCUT2D eigenvalue weighted by Crippen LogP contribution is 2.27. The van der Waals surface area contributed by atoms with Crippen LogP contribution < -0.4 is 9.46 Å². The molecule has 6 heteroatoms. The molecule has 2 aromatic carbocycles. The van der Waals surface area contributed by atoms with Crippen molar-refractivity contribution in [3.63, 3.8) is 0 Å². The van der Waals surface area contributed by atoms with E-state index in [4.69, 9.17) is 10.00 Å². The molecule has 0 fully saturated rings. The Morgan fingerprint density at radius 3 is 2.35 bits per heavy atom. The molecule has 5 nitrogen and oxygen atoms in total. The van der Waals surface area contributed by atoms with Gasteiger partial charge in [-0.1, -0.05) is 12.1 Å². The van der Waals surface area contributed by atoms with Crippen molar-refractivity contribution < 1.29 is 13.2 Å². The van der Waals surface area contributed by atoms with Gasteiger partial charge in [-0.25, -0.2) is 8.42 Å². The van der Waals surface area contributed by atoms with E-state index in [-0.39, 0.29) is 4.90 Å². The number of nitriles is 1. The number of hydrogen-bond acceptors (Lipinski definition) is 4. The molecule has 0 atom stereocenters. The van der Waals surface area contributed by atoms with Gasteiger partial charge in [-0.15, -0.1) is 0 Å². The Bertz CT molecular complexity index is 851. The summed E-state index contributed by atoms with van der Waals surface area (Å²) in [5.74, 6) is 0.655. The van der Waals surface area contributed by atoms with Gasteiger partial charge in [0, 0.05) is 5.69 Å². The molecule has 0 unspecified atom stereocenters. The van der Waals surface area contributed by atoms with E-state index in [0.29, 0.717) is 23.4 Å². The predicted octanol–water partition coefficient (Wildman–Crippen LogP) is 3.18. The van der Waals surface area contributed by atoms with Crippen LogP contribution in [0.15, 0.2) is 41.3 Å². The second kappa shape index (κ2) is 6.71. The average molecular weight is 330 g/mol. The highest BCUT2D eigenvalue weighted by atomic mass is 32.2. The topological polar surface area (TPSA) is 79.2 Å². The van der Waals surface area contributed by atoms with E-state index in [1.807, 2.05) is 0 Å². The first-order valence-electron chi connectivity index (χ1n) is 7.01. The van der Waals surface area contributed by atoms with Gasteiger partial charge < -0.3 is 4.74 Å². The molecule has 2 rings (SSSR count). The van der Waals surface area contributed by atoms with Crippen LogP contribution in [0.25, 0.3) is 0 Å². The van der Waals surface area contributed by atoms with Crippen LogP contribution in [0.4, 0.5) is 5.69 Å². The molecule has 0 aromatic heterocycles. The zero-order chi connectivity index (χ0) is 17.0. The second-order valence-electron chi connectivity index (χ2n) is 5.22. The molecule has 0 spiro atoms. The zero-order valence-electron chi connectivity index (χ0n) is 13.3. The summed E-state index contributed by atoms with van der Waals surface area (Å²) < 4.78 is 32.9. The Morgan fingerprint density at radius 2 is 1.78 bits per heavy atom. The van der Waals surface area contributed by atoms with Gasteiger partial charge in [0.1, 0.15) is 5.75 Å². The summed E-state index contributed by atoms with van der Waals surface area (Å²) in [5, 5.41) is 8.65. The first kappa shape index (κ1) is 16.8. The Labute approximate surface area is 136 Å². The highest BCUT2D eigenvalue weighted by molar-refractivity contribution is 7.92. The van der Waals surface area contributed by atoms with E-state index in [1.165, 1.54) is 0 Å². The monoisotopic (exact) mass is 330 g/mol. The average Bonchev–Trinajstić information content (AvgIpc) is 2.51. The maximum Gasteiger partial charge on any atom is 0.262 e. The quantitative estimate of drug-likeness (QED) is 0.913. The van der Waals surface area contributed by atoms with Crippen molar-refractivity contribution in [2.75, 3.05) is 11.8 Å². The predicted molar refractivity (Wildman–Crippen MR) is 89.0 cm³/mol. The molecule has 0 amide bonds. The number of ether oxygens (including phenoxy) is 1. The van der Waals surface area contributed by atoms with Crippen LogP contribution in [-0.4, -0.2) is 15.5 Å². The van der Waals surface area contributed by atoms with Gasteiger partial charge in [-0.2, -0.15) is 5.26 Å². The van der Waals surface area contributed by atoms with Crippen molar-refractivity contribution >= 4 is 15.7 Å². The van der Waals surface area contributed by atoms with Gasteiger partial charge >= 0.3 is 0 Å². The number of aryl methyl sites for hydroxylation is 2. The third-order valence-corrected chi connectivity index (χ3v) is 4.99. The van der Waals surface area contributed by atoms with E-state index < -0.39 is 10.0 Å². The van der Waals surface area contributed by atoms with E-state index in [2.05, 4.69) is 10.8 Å². The summed E-state index contributed by atoms with van der Waals surface area (Å²) in [4.78, 5) is 0.219. The Hall–Kier alpha value is -2.52. The first-order valence-corrected chi connectivity index (χ1v) is 8.49. The van der Waals surface area contributed by atoms with Crippen LogP contribution in [0, 0.1) is 25.2 Å². The maximum absolute atomic E-state index is 12.6. The molecule has 0 saturated carbocycles. The van der Waals surface area contributed by atoms with Gasteiger partial charge in [0.05, 0.1) is 24.5 Å². The number of nitrogens with one attached hydrogen (secondary N) is 1. The Kier molecular flexibility index (Phi) is 4.92. The number of benzene rings is 2. The second-order valence-corrected chi connectivity index (χ2v) is 6.88. The number of hydrogen-bond donors (Lipinski definition) is 1. The van der Waals surface area contributed by atoms with Crippen molar-refractivity contribution in [2.24, 2.45) is 0 Å². The summed E-state index contributed by atoms with van der Waals surface area (Å²) in [6.45, 7) is 3.53. The molecule has 0 bridgehead atoms. The van der Waals surface area contributed by atoms with Crippen LogP contribution in [-0.2, 0) is 16.4 Å². The zero-order valence-corrected chi connectivity index (χ0v) is 14.1. The number of anilines is 1. The number of sulfonamides is 1. The molecule has 0 aliphatic carbocycles. The summed E-state index contributed by atoms with van der Waals surface area (Å²) in [5.41, 5.74) is 2.66. The SMILES string of the molecule is COc1cc(C)c(S(=O)(=O)Nc2ccc(CC#N)cc2)cc1C. The lowest BCUT2D eigenvalue weighted by Gasteiger charge is -2.13. The fraction of sp³-hybridized carbons (Fsp3) is 0.235. The lowest BCUT2D eigenvalue weighted by molar-refractivity contribution is 0.411. The minimum atomic E-state index is -3.69. The Balaban J connectivity index is 2.32. The lowest BCUT2D eigenvalue weighted by atomic mass is 10.1. The summed E-state index contributed by atoms with van der Waals surface area (Å²) in [7, 11) is -2.13. The highest BCUT2D eigenvalue weighted by Gasteiger charge is 2.19. The molecule has 120 valence electrons. The Morgan fingerprint density at radius 1 is 1.13 bits per heavy atom. The maximum atomic E-state index is 12.6. The van der Waals surface area contributed by atoms with Crippen LogP contribution in [0.1, 0.15) is 16.7 Å². The third-order valence-electron chi connectivity index (χ3n) is 3.47. The summed E-state index contributed by atoms with van der Waals surface area (Å²) in [6, 6.07) is 12.1. The molecular weight excluding hydrogens is 312 g/mol. The molecule has 23 heavy (non-hydrogen) atoms. The van der Waals surface area contributed by atoms with Gasteiger partial charge in [0.25, 0.3) is 10.0 Å². The van der Waals surface area contributed by atoms with Gasteiger partial charge in [0.15, 0.2) is 0 Å². The number of methoxy groups -OCH3 is 1. The fourth-order valence-corrected chi connectivity index (χ4v) is 3.64. The van der Waals surface area contributed by atoms with Crippen molar-refractivity contribution in [1.29, 1.82) is 5.26 Å². The van der Waals surface area contributed by atoms with Gasteiger partial charge in [-0.05, 0) is 54.8 Å². The van der Waals surface area contributed by atoms with Crippen molar-refractivity contribution in [1.82, 2.24) is 0 Å². The van der Waals surface area contributed by atoms with Gasteiger partial charge in [-0.3, -0.25) is 4.72 Å². The van der Waals surface area contributed by atoms with Crippen molar-refractivity contribution in [3.05, 3.63) is 53.1 Å². The molecule has 1 N–H and O–H groups in total. The third kappa shape index (κ3) is 3.82. The minimum Gasteiger partial charge on any atom is -0.496 e. The normalized spacial score (nSPS) is 10.9. The van der Waals surface area contributed by atoms with Crippen LogP contribution >= 0.6 is 0 Å². The lowest BCUT2D eigenvalue weighted by Crippen LogP contribution is -2.14. The van der Waals surface area contributed by atoms with E-state index in [0.717, 1.165) is 11.1 Å². The first-order chi connectivity index (χ1) is 10.9. The van der Waals surface area contributed by atoms with Crippen LogP contribution in [0.2, 0.25) is 0 Å². The molecule has 0 heterocycles. The van der Waals surface area contributed by atoms with Crippen molar-refractivity contribution in [2.45, 2.75) is 25.2 Å². The summed E-state index contributed by atoms with van der Waals surface area (Å²) >= 11 is 0. The van der Waals surface area contributed by atoms with E-state index in [1.54, 1.807) is 57.4 Å². The largest absolute Gasteiger partial charge is 0.496 e. The smallest absolute Gasteiger partial charge is 0.262 e. The van der Waals surface area contributed by atoms with Crippen LogP contribution in [0.3, 0.4) is 0 Å². The molecular formula is C17H18N2O3S. The minimum absolute atomic E-state index is 0.219. The van der Waals surface area contributed by atoms with E-state index in [9.17, 15) is 8.42 Å². The standard InChI is InChI=1S/C17H18N2O3S/c1-12-11-17(13(2)10-16(12)22-3)23(20,21)19-15-6-4-14(5-7-15)8-9-18/h4-7,10-11,19H,8H2,1-3H3. The van der Waals surface area contributed by atoms with Crippen LogP contribution in [0.5, 0.6) is 5.75 Å². The van der Waals surface area contributed by atoms with Crippen molar-refractivity contribution in [3.8, 4) is 11.8 Å². The molecule has 0 saturated heterocycles. The molecule has 0 radical (unpaired) electrons. The fourth-order valence-electron chi connectivity index (χ4n) is 2.26. The number of rotatable bonds is 5. The molecule has 2 aromatic rings. The molecule has 0 aliphatic heterocycles.